The number of carbonyl (C=O) groups is 1. The number of ether oxygens (including phenoxy) is 2. The van der Waals surface area contributed by atoms with E-state index in [1.54, 1.807) is 50.2 Å². The maximum absolute atomic E-state index is 13.4. The molecule has 0 atom stereocenters. The van der Waals surface area contributed by atoms with Crippen LogP contribution in [0.1, 0.15) is 22.4 Å². The van der Waals surface area contributed by atoms with Crippen LogP contribution in [-0.2, 0) is 21.2 Å². The van der Waals surface area contributed by atoms with Crippen molar-refractivity contribution in [3.05, 3.63) is 75.2 Å². The number of sulfone groups is 1. The number of amides is 1. The molecule has 0 spiro atoms. The number of anilines is 1. The molecule has 9 heteroatoms. The molecule has 180 valence electrons. The van der Waals surface area contributed by atoms with Crippen LogP contribution >= 0.6 is 0 Å². The number of pyridine rings is 1. The fourth-order valence-electron chi connectivity index (χ4n) is 3.67. The third-order valence-corrected chi connectivity index (χ3v) is 7.60. The summed E-state index contributed by atoms with van der Waals surface area (Å²) in [6, 6.07) is 11.2. The Bertz CT molecular complexity index is 1420. The maximum atomic E-state index is 13.4. The molecular formula is C25H28N2O6S. The lowest BCUT2D eigenvalue weighted by molar-refractivity contribution is -0.116. The molecule has 3 rings (SSSR count). The average Bonchev–Trinajstić information content (AvgIpc) is 2.78. The Kier molecular flexibility index (Phi) is 7.16. The molecule has 0 fully saturated rings. The van der Waals surface area contributed by atoms with Crippen LogP contribution < -0.4 is 20.3 Å². The zero-order valence-corrected chi connectivity index (χ0v) is 20.9. The SMILES string of the molecule is COc1ccc(NC(=O)Cn2c(C)cc(C)c(S(=O)(=O)c3ccc(C)c(C)c3)c2=O)c(OC)c1. The average molecular weight is 485 g/mol. The van der Waals surface area contributed by atoms with Crippen molar-refractivity contribution >= 4 is 21.4 Å². The van der Waals surface area contributed by atoms with Crippen molar-refractivity contribution < 1.29 is 22.7 Å². The lowest BCUT2D eigenvalue weighted by Crippen LogP contribution is -2.33. The van der Waals surface area contributed by atoms with Crippen molar-refractivity contribution in [2.75, 3.05) is 19.5 Å². The molecule has 0 saturated heterocycles. The number of hydrogen-bond donors (Lipinski definition) is 1. The summed E-state index contributed by atoms with van der Waals surface area (Å²) in [7, 11) is -1.11. The molecule has 1 aromatic heterocycles. The van der Waals surface area contributed by atoms with Crippen molar-refractivity contribution in [1.82, 2.24) is 4.57 Å². The van der Waals surface area contributed by atoms with E-state index in [2.05, 4.69) is 5.32 Å². The van der Waals surface area contributed by atoms with E-state index in [-0.39, 0.29) is 16.3 Å². The fourth-order valence-corrected chi connectivity index (χ4v) is 5.30. The van der Waals surface area contributed by atoms with Crippen LogP contribution in [0.4, 0.5) is 5.69 Å². The summed E-state index contributed by atoms with van der Waals surface area (Å²) in [6.07, 6.45) is 0. The van der Waals surface area contributed by atoms with Gasteiger partial charge in [0.25, 0.3) is 5.56 Å². The number of nitrogens with one attached hydrogen (secondary N) is 1. The third kappa shape index (κ3) is 4.84. The van der Waals surface area contributed by atoms with Crippen molar-refractivity contribution in [3.63, 3.8) is 0 Å². The van der Waals surface area contributed by atoms with Gasteiger partial charge in [-0.3, -0.25) is 9.59 Å². The van der Waals surface area contributed by atoms with E-state index in [0.29, 0.717) is 28.4 Å². The second kappa shape index (κ2) is 9.72. The molecule has 0 aliphatic carbocycles. The van der Waals surface area contributed by atoms with Gasteiger partial charge in [0.2, 0.25) is 15.7 Å². The first-order valence-corrected chi connectivity index (χ1v) is 12.0. The molecule has 1 N–H and O–H groups in total. The first kappa shape index (κ1) is 25.0. The molecule has 0 aliphatic heterocycles. The van der Waals surface area contributed by atoms with Gasteiger partial charge in [0.15, 0.2) is 0 Å². The van der Waals surface area contributed by atoms with Gasteiger partial charge in [-0.25, -0.2) is 8.42 Å². The first-order valence-electron chi connectivity index (χ1n) is 10.5. The Morgan fingerprint density at radius 2 is 1.62 bits per heavy atom. The molecule has 2 aromatic carbocycles. The van der Waals surface area contributed by atoms with Crippen molar-refractivity contribution in [2.24, 2.45) is 0 Å². The van der Waals surface area contributed by atoms with Crippen LogP contribution in [0.3, 0.4) is 0 Å². The van der Waals surface area contributed by atoms with E-state index in [1.165, 1.54) is 20.3 Å². The highest BCUT2D eigenvalue weighted by Gasteiger charge is 2.26. The molecule has 34 heavy (non-hydrogen) atoms. The van der Waals surface area contributed by atoms with Gasteiger partial charge in [0.05, 0.1) is 24.8 Å². The number of rotatable bonds is 7. The van der Waals surface area contributed by atoms with Gasteiger partial charge in [0.1, 0.15) is 22.9 Å². The minimum Gasteiger partial charge on any atom is -0.497 e. The zero-order valence-electron chi connectivity index (χ0n) is 20.1. The number of hydrogen-bond acceptors (Lipinski definition) is 6. The van der Waals surface area contributed by atoms with Crippen LogP contribution in [0, 0.1) is 27.7 Å². The molecular weight excluding hydrogens is 456 g/mol. The summed E-state index contributed by atoms with van der Waals surface area (Å²) in [5.74, 6) is 0.437. The fraction of sp³-hybridized carbons (Fsp3) is 0.280. The summed E-state index contributed by atoms with van der Waals surface area (Å²) in [4.78, 5) is 25.8. The predicted molar refractivity (Wildman–Crippen MR) is 130 cm³/mol. The molecule has 1 heterocycles. The zero-order chi connectivity index (χ0) is 25.2. The first-order chi connectivity index (χ1) is 16.0. The quantitative estimate of drug-likeness (QED) is 0.550. The number of aromatic nitrogens is 1. The normalized spacial score (nSPS) is 11.2. The second-order valence-corrected chi connectivity index (χ2v) is 9.94. The van der Waals surface area contributed by atoms with E-state index < -0.39 is 21.3 Å². The van der Waals surface area contributed by atoms with Crippen LogP contribution in [0.5, 0.6) is 11.5 Å². The van der Waals surface area contributed by atoms with Crippen molar-refractivity contribution in [1.29, 1.82) is 0 Å². The third-order valence-electron chi connectivity index (χ3n) is 5.69. The predicted octanol–water partition coefficient (Wildman–Crippen LogP) is 3.57. The highest BCUT2D eigenvalue weighted by molar-refractivity contribution is 7.91. The topological polar surface area (TPSA) is 104 Å². The molecule has 0 unspecified atom stereocenters. The summed E-state index contributed by atoms with van der Waals surface area (Å²) in [5.41, 5.74) is 2.20. The van der Waals surface area contributed by atoms with Crippen molar-refractivity contribution in [2.45, 2.75) is 44.0 Å². The molecule has 0 bridgehead atoms. The monoisotopic (exact) mass is 484 g/mol. The number of benzene rings is 2. The summed E-state index contributed by atoms with van der Waals surface area (Å²) in [6.45, 7) is 6.56. The molecule has 0 radical (unpaired) electrons. The highest BCUT2D eigenvalue weighted by atomic mass is 32.2. The Labute approximate surface area is 199 Å². The van der Waals surface area contributed by atoms with Crippen LogP contribution in [-0.4, -0.2) is 33.1 Å². The Morgan fingerprint density at radius 1 is 0.912 bits per heavy atom. The van der Waals surface area contributed by atoms with Crippen LogP contribution in [0.15, 0.2) is 57.1 Å². The molecule has 0 saturated carbocycles. The summed E-state index contributed by atoms with van der Waals surface area (Å²) >= 11 is 0. The highest BCUT2D eigenvalue weighted by Crippen LogP contribution is 2.29. The van der Waals surface area contributed by atoms with Gasteiger partial charge in [0, 0.05) is 11.8 Å². The minimum atomic E-state index is -4.09. The lowest BCUT2D eigenvalue weighted by Gasteiger charge is -2.16. The molecule has 0 aliphatic rings. The van der Waals surface area contributed by atoms with Crippen molar-refractivity contribution in [3.8, 4) is 11.5 Å². The van der Waals surface area contributed by atoms with E-state index >= 15 is 0 Å². The molecule has 3 aromatic rings. The van der Waals surface area contributed by atoms with Gasteiger partial charge in [-0.15, -0.1) is 0 Å². The van der Waals surface area contributed by atoms with Gasteiger partial charge < -0.3 is 19.4 Å². The number of methoxy groups -OCH3 is 2. The van der Waals surface area contributed by atoms with E-state index in [1.807, 2.05) is 13.8 Å². The smallest absolute Gasteiger partial charge is 0.270 e. The number of nitrogens with zero attached hydrogens (tertiary/aromatic N) is 1. The standard InChI is InChI=1S/C25H28N2O6S/c1-15-7-9-20(12-16(15)2)34(30,31)24-17(3)11-18(4)27(25(24)29)14-23(28)26-21-10-8-19(32-5)13-22(21)33-6/h7-13H,14H2,1-6H3,(H,26,28). The Balaban J connectivity index is 2.00. The summed E-state index contributed by atoms with van der Waals surface area (Å²) < 4.78 is 38.4. The van der Waals surface area contributed by atoms with Crippen LogP contribution in [0.25, 0.3) is 0 Å². The Morgan fingerprint density at radius 3 is 2.24 bits per heavy atom. The van der Waals surface area contributed by atoms with Crippen LogP contribution in [0.2, 0.25) is 0 Å². The van der Waals surface area contributed by atoms with E-state index in [0.717, 1.165) is 15.7 Å². The number of carbonyl (C=O) groups excluding carboxylic acids is 1. The van der Waals surface area contributed by atoms with E-state index in [4.69, 9.17) is 9.47 Å². The van der Waals surface area contributed by atoms with Gasteiger partial charge in [-0.1, -0.05) is 6.07 Å². The van der Waals surface area contributed by atoms with E-state index in [9.17, 15) is 18.0 Å². The maximum Gasteiger partial charge on any atom is 0.270 e. The van der Waals surface area contributed by atoms with Gasteiger partial charge in [-0.2, -0.15) is 0 Å². The Hall–Kier alpha value is -3.59. The van der Waals surface area contributed by atoms with Gasteiger partial charge in [-0.05, 0) is 74.7 Å². The second-order valence-electron chi connectivity index (χ2n) is 8.05. The molecule has 1 amide bonds. The largest absolute Gasteiger partial charge is 0.497 e. The number of aryl methyl sites for hydroxylation is 4. The minimum absolute atomic E-state index is 0.0404. The molecule has 8 nitrogen and oxygen atoms in total. The lowest BCUT2D eigenvalue weighted by atomic mass is 10.1. The van der Waals surface area contributed by atoms with Gasteiger partial charge >= 0.3 is 0 Å². The summed E-state index contributed by atoms with van der Waals surface area (Å²) in [5, 5.41) is 2.71.